The highest BCUT2D eigenvalue weighted by molar-refractivity contribution is 6.35. The number of methoxy groups -OCH3 is 1. The first-order chi connectivity index (χ1) is 12.1. The number of ether oxygens (including phenoxy) is 3. The lowest BCUT2D eigenvalue weighted by Gasteiger charge is -2.21. The number of halogens is 2. The molecule has 1 spiro atoms. The highest BCUT2D eigenvalue weighted by Crippen LogP contribution is 2.52. The smallest absolute Gasteiger partial charge is 0.251 e. The van der Waals surface area contributed by atoms with E-state index in [1.807, 2.05) is 12.1 Å². The summed E-state index contributed by atoms with van der Waals surface area (Å²) >= 11 is 12.5. The van der Waals surface area contributed by atoms with Crippen LogP contribution in [0.1, 0.15) is 36.8 Å². The molecule has 0 amide bonds. The maximum atomic E-state index is 6.30. The summed E-state index contributed by atoms with van der Waals surface area (Å²) in [6.45, 7) is 0. The third-order valence-corrected chi connectivity index (χ3v) is 5.57. The Bertz CT molecular complexity index is 783. The highest BCUT2D eigenvalue weighted by atomic mass is 35.5. The summed E-state index contributed by atoms with van der Waals surface area (Å²) in [6, 6.07) is 3.96. The van der Waals surface area contributed by atoms with Crippen LogP contribution in [0.5, 0.6) is 17.2 Å². The van der Waals surface area contributed by atoms with E-state index in [0.29, 0.717) is 28.0 Å². The van der Waals surface area contributed by atoms with E-state index < -0.39 is 5.79 Å². The van der Waals surface area contributed by atoms with Crippen LogP contribution in [0.3, 0.4) is 0 Å². The summed E-state index contributed by atoms with van der Waals surface area (Å²) in [6.07, 6.45) is 8.74. The van der Waals surface area contributed by atoms with Gasteiger partial charge in [-0.3, -0.25) is 4.98 Å². The van der Waals surface area contributed by atoms with Gasteiger partial charge in [-0.25, -0.2) is 0 Å². The lowest BCUT2D eigenvalue weighted by atomic mass is 10.0. The Kier molecular flexibility index (Phi) is 4.42. The van der Waals surface area contributed by atoms with Crippen molar-refractivity contribution >= 4 is 23.2 Å². The minimum Gasteiger partial charge on any atom is -0.493 e. The molecule has 0 N–H and O–H groups in total. The molecule has 4 nitrogen and oxygen atoms in total. The second-order valence-electron chi connectivity index (χ2n) is 6.49. The van der Waals surface area contributed by atoms with Gasteiger partial charge in [0.05, 0.1) is 17.2 Å². The molecule has 0 radical (unpaired) electrons. The van der Waals surface area contributed by atoms with Crippen LogP contribution >= 0.6 is 23.2 Å². The van der Waals surface area contributed by atoms with E-state index in [2.05, 4.69) is 4.98 Å². The van der Waals surface area contributed by atoms with Gasteiger partial charge in [0, 0.05) is 25.2 Å². The lowest BCUT2D eigenvalue weighted by Crippen LogP contribution is -2.34. The largest absolute Gasteiger partial charge is 0.493 e. The molecule has 1 aromatic heterocycles. The fraction of sp³-hybridized carbons (Fsp3) is 0.421. The zero-order valence-corrected chi connectivity index (χ0v) is 15.5. The summed E-state index contributed by atoms with van der Waals surface area (Å²) in [4.78, 5) is 4.00. The zero-order chi connectivity index (χ0) is 17.4. The number of fused-ring (bicyclic) bond motifs is 1. The van der Waals surface area contributed by atoms with Gasteiger partial charge >= 0.3 is 0 Å². The van der Waals surface area contributed by atoms with E-state index in [9.17, 15) is 0 Å². The molecule has 2 heterocycles. The summed E-state index contributed by atoms with van der Waals surface area (Å²) in [7, 11) is 1.65. The van der Waals surface area contributed by atoms with Crippen molar-refractivity contribution in [1.29, 1.82) is 0 Å². The fourth-order valence-electron chi connectivity index (χ4n) is 3.60. The number of pyridine rings is 1. The van der Waals surface area contributed by atoms with Crippen molar-refractivity contribution in [2.75, 3.05) is 7.11 Å². The molecular formula is C19H19Cl2NO3. The van der Waals surface area contributed by atoms with Crippen LogP contribution in [0.15, 0.2) is 24.5 Å². The van der Waals surface area contributed by atoms with Crippen LogP contribution in [-0.2, 0) is 12.8 Å². The molecule has 0 bridgehead atoms. The first-order valence-corrected chi connectivity index (χ1v) is 9.23. The minimum atomic E-state index is -0.516. The SMILES string of the molecule is COc1ccc(CCc2c(Cl)cncc2Cl)c2c1OC1(CCCC1)O2. The third kappa shape index (κ3) is 3.02. The normalized spacial score (nSPS) is 17.2. The molecule has 2 aromatic rings. The lowest BCUT2D eigenvalue weighted by molar-refractivity contribution is -0.0726. The monoisotopic (exact) mass is 379 g/mol. The Morgan fingerprint density at radius 1 is 1.04 bits per heavy atom. The first kappa shape index (κ1) is 16.8. The van der Waals surface area contributed by atoms with Crippen LogP contribution in [0.25, 0.3) is 0 Å². The van der Waals surface area contributed by atoms with Crippen molar-refractivity contribution in [2.24, 2.45) is 0 Å². The molecule has 1 aromatic carbocycles. The Morgan fingerprint density at radius 3 is 2.40 bits per heavy atom. The minimum absolute atomic E-state index is 0.516. The van der Waals surface area contributed by atoms with Crippen LogP contribution in [0, 0.1) is 0 Å². The molecule has 1 fully saturated rings. The van der Waals surface area contributed by atoms with Crippen molar-refractivity contribution in [2.45, 2.75) is 44.3 Å². The Morgan fingerprint density at radius 2 is 1.72 bits per heavy atom. The molecule has 132 valence electrons. The van der Waals surface area contributed by atoms with Gasteiger partial charge in [-0.05, 0) is 42.9 Å². The predicted octanol–water partition coefficient (Wildman–Crippen LogP) is 5.22. The Balaban J connectivity index is 1.63. The molecule has 25 heavy (non-hydrogen) atoms. The van der Waals surface area contributed by atoms with Gasteiger partial charge in [-0.1, -0.05) is 29.3 Å². The van der Waals surface area contributed by atoms with Crippen LogP contribution in [0.4, 0.5) is 0 Å². The number of aromatic nitrogens is 1. The molecular weight excluding hydrogens is 361 g/mol. The van der Waals surface area contributed by atoms with E-state index in [1.165, 1.54) is 0 Å². The maximum Gasteiger partial charge on any atom is 0.251 e. The van der Waals surface area contributed by atoms with Crippen LogP contribution < -0.4 is 14.2 Å². The molecule has 4 rings (SSSR count). The molecule has 6 heteroatoms. The molecule has 1 aliphatic heterocycles. The molecule has 0 saturated heterocycles. The summed E-state index contributed by atoms with van der Waals surface area (Å²) < 4.78 is 18.0. The standard InChI is InChI=1S/C19H19Cl2NO3/c1-23-16-7-5-12(4-6-13-14(20)10-22-11-15(13)21)17-18(16)25-19(24-17)8-2-3-9-19/h5,7,10-11H,2-4,6,8-9H2,1H3. The zero-order valence-electron chi connectivity index (χ0n) is 14.0. The van der Waals surface area contributed by atoms with E-state index >= 15 is 0 Å². The van der Waals surface area contributed by atoms with Crippen molar-refractivity contribution in [1.82, 2.24) is 4.98 Å². The van der Waals surface area contributed by atoms with Gasteiger partial charge < -0.3 is 14.2 Å². The highest BCUT2D eigenvalue weighted by Gasteiger charge is 2.46. The van der Waals surface area contributed by atoms with E-state index in [-0.39, 0.29) is 0 Å². The van der Waals surface area contributed by atoms with Gasteiger partial charge in [0.1, 0.15) is 0 Å². The van der Waals surface area contributed by atoms with Gasteiger partial charge in [0.25, 0.3) is 5.79 Å². The average Bonchev–Trinajstić information content (AvgIpc) is 3.21. The second kappa shape index (κ2) is 6.58. The number of aryl methyl sites for hydroxylation is 1. The van der Waals surface area contributed by atoms with Crippen LogP contribution in [-0.4, -0.2) is 17.9 Å². The summed E-state index contributed by atoms with van der Waals surface area (Å²) in [5.41, 5.74) is 1.97. The predicted molar refractivity (Wildman–Crippen MR) is 97.1 cm³/mol. The van der Waals surface area contributed by atoms with Gasteiger partial charge in [0.2, 0.25) is 5.75 Å². The maximum absolute atomic E-state index is 6.30. The second-order valence-corrected chi connectivity index (χ2v) is 7.30. The third-order valence-electron chi connectivity index (χ3n) is 4.92. The summed E-state index contributed by atoms with van der Waals surface area (Å²) in [5, 5.41) is 1.17. The first-order valence-electron chi connectivity index (χ1n) is 8.48. The molecule has 0 unspecified atom stereocenters. The van der Waals surface area contributed by atoms with Crippen molar-refractivity contribution in [3.8, 4) is 17.2 Å². The molecule has 1 saturated carbocycles. The Labute approximate surface area is 157 Å². The quantitative estimate of drug-likeness (QED) is 0.729. The van der Waals surface area contributed by atoms with E-state index in [1.54, 1.807) is 19.5 Å². The number of rotatable bonds is 4. The molecule has 0 atom stereocenters. The van der Waals surface area contributed by atoms with Gasteiger partial charge in [-0.15, -0.1) is 0 Å². The van der Waals surface area contributed by atoms with Crippen molar-refractivity contribution < 1.29 is 14.2 Å². The van der Waals surface area contributed by atoms with Crippen molar-refractivity contribution in [3.05, 3.63) is 45.7 Å². The fourth-order valence-corrected chi connectivity index (χ4v) is 4.15. The number of hydrogen-bond donors (Lipinski definition) is 0. The number of hydrogen-bond acceptors (Lipinski definition) is 4. The van der Waals surface area contributed by atoms with Gasteiger partial charge in [-0.2, -0.15) is 0 Å². The van der Waals surface area contributed by atoms with E-state index in [0.717, 1.165) is 49.0 Å². The molecule has 1 aliphatic carbocycles. The molecule has 2 aliphatic rings. The van der Waals surface area contributed by atoms with Gasteiger partial charge in [0.15, 0.2) is 11.5 Å². The van der Waals surface area contributed by atoms with E-state index in [4.69, 9.17) is 37.4 Å². The number of nitrogens with zero attached hydrogens (tertiary/aromatic N) is 1. The topological polar surface area (TPSA) is 40.6 Å². The number of benzene rings is 1. The van der Waals surface area contributed by atoms with Crippen LogP contribution in [0.2, 0.25) is 10.0 Å². The summed E-state index contributed by atoms with van der Waals surface area (Å²) in [5.74, 6) is 1.70. The average molecular weight is 380 g/mol. The Hall–Kier alpha value is -1.65. The van der Waals surface area contributed by atoms with Crippen molar-refractivity contribution in [3.63, 3.8) is 0 Å².